The zero-order valence-electron chi connectivity index (χ0n) is 12.4. The lowest BCUT2D eigenvalue weighted by Gasteiger charge is -2.22. The zero-order chi connectivity index (χ0) is 14.5. The van der Waals surface area contributed by atoms with E-state index in [1.807, 2.05) is 24.3 Å². The van der Waals surface area contributed by atoms with Crippen molar-refractivity contribution in [3.05, 3.63) is 42.0 Å². The number of hydrogen-bond acceptors (Lipinski definition) is 3. The van der Waals surface area contributed by atoms with Gasteiger partial charge in [0.15, 0.2) is 0 Å². The highest BCUT2D eigenvalue weighted by Gasteiger charge is 2.14. The minimum Gasteiger partial charge on any atom is -0.508 e. The number of fused-ring (bicyclic) bond motifs is 1. The molecular weight excluding hydrogens is 250 g/mol. The van der Waals surface area contributed by atoms with Crippen LogP contribution in [0.15, 0.2) is 36.4 Å². The smallest absolute Gasteiger partial charge is 0.120 e. The molecule has 0 aliphatic carbocycles. The van der Waals surface area contributed by atoms with Crippen LogP contribution in [0.25, 0.3) is 10.8 Å². The summed E-state index contributed by atoms with van der Waals surface area (Å²) < 4.78 is 5.25. The molecule has 2 rings (SSSR count). The minimum atomic E-state index is 0.276. The van der Waals surface area contributed by atoms with Crippen LogP contribution in [0.1, 0.15) is 19.4 Å². The number of aromatic hydroxyl groups is 1. The van der Waals surface area contributed by atoms with E-state index >= 15 is 0 Å². The SMILES string of the molecule is COCC(NCc1c(O)ccc2ccccc12)C(C)C. The maximum Gasteiger partial charge on any atom is 0.120 e. The van der Waals surface area contributed by atoms with Crippen molar-refractivity contribution in [2.24, 2.45) is 5.92 Å². The maximum absolute atomic E-state index is 10.1. The van der Waals surface area contributed by atoms with Crippen LogP contribution in [0.5, 0.6) is 5.75 Å². The quantitative estimate of drug-likeness (QED) is 0.848. The van der Waals surface area contributed by atoms with Crippen molar-refractivity contribution in [1.82, 2.24) is 5.32 Å². The summed E-state index contributed by atoms with van der Waals surface area (Å²) in [7, 11) is 1.71. The normalized spacial score (nSPS) is 13.0. The molecule has 0 bridgehead atoms. The molecule has 0 radical (unpaired) electrons. The van der Waals surface area contributed by atoms with Crippen LogP contribution in [0.3, 0.4) is 0 Å². The molecule has 0 saturated heterocycles. The van der Waals surface area contributed by atoms with Crippen molar-refractivity contribution in [3.63, 3.8) is 0 Å². The molecule has 2 aromatic rings. The number of rotatable bonds is 6. The fraction of sp³-hybridized carbons (Fsp3) is 0.412. The van der Waals surface area contributed by atoms with Gasteiger partial charge in [-0.1, -0.05) is 44.2 Å². The molecule has 1 unspecified atom stereocenters. The highest BCUT2D eigenvalue weighted by Crippen LogP contribution is 2.27. The largest absolute Gasteiger partial charge is 0.508 e. The van der Waals surface area contributed by atoms with Crippen molar-refractivity contribution in [2.45, 2.75) is 26.4 Å². The Bertz CT molecular complexity index is 566. The number of hydrogen-bond donors (Lipinski definition) is 2. The van der Waals surface area contributed by atoms with E-state index in [9.17, 15) is 5.11 Å². The van der Waals surface area contributed by atoms with Gasteiger partial charge in [0, 0.05) is 25.3 Å². The van der Waals surface area contributed by atoms with Gasteiger partial charge in [0.05, 0.1) is 6.61 Å². The Morgan fingerprint density at radius 3 is 2.60 bits per heavy atom. The molecule has 0 amide bonds. The number of ether oxygens (including phenoxy) is 1. The lowest BCUT2D eigenvalue weighted by atomic mass is 10.0. The molecule has 1 atom stereocenters. The molecule has 2 aromatic carbocycles. The fourth-order valence-electron chi connectivity index (χ4n) is 2.41. The van der Waals surface area contributed by atoms with Crippen LogP contribution in [0.4, 0.5) is 0 Å². The highest BCUT2D eigenvalue weighted by molar-refractivity contribution is 5.87. The summed E-state index contributed by atoms with van der Waals surface area (Å²) in [6, 6.07) is 12.1. The van der Waals surface area contributed by atoms with Crippen molar-refractivity contribution in [3.8, 4) is 5.75 Å². The topological polar surface area (TPSA) is 41.5 Å². The second-order valence-electron chi connectivity index (χ2n) is 5.47. The summed E-state index contributed by atoms with van der Waals surface area (Å²) in [5.74, 6) is 0.822. The van der Waals surface area contributed by atoms with Crippen LogP contribution in [0.2, 0.25) is 0 Å². The number of methoxy groups -OCH3 is 1. The van der Waals surface area contributed by atoms with Gasteiger partial charge in [-0.3, -0.25) is 0 Å². The molecule has 0 aliphatic rings. The molecule has 3 nitrogen and oxygen atoms in total. The van der Waals surface area contributed by atoms with Gasteiger partial charge in [-0.2, -0.15) is 0 Å². The van der Waals surface area contributed by atoms with E-state index in [0.29, 0.717) is 24.8 Å². The molecule has 0 heterocycles. The van der Waals surface area contributed by atoms with Crippen molar-refractivity contribution >= 4 is 10.8 Å². The summed E-state index contributed by atoms with van der Waals surface area (Å²) in [6.07, 6.45) is 0. The Morgan fingerprint density at radius 1 is 1.15 bits per heavy atom. The van der Waals surface area contributed by atoms with Crippen LogP contribution in [-0.4, -0.2) is 24.9 Å². The number of benzene rings is 2. The number of nitrogens with one attached hydrogen (secondary N) is 1. The molecular formula is C17H23NO2. The Labute approximate surface area is 120 Å². The lowest BCUT2D eigenvalue weighted by molar-refractivity contribution is 0.146. The zero-order valence-corrected chi connectivity index (χ0v) is 12.4. The minimum absolute atomic E-state index is 0.276. The summed E-state index contributed by atoms with van der Waals surface area (Å²) in [4.78, 5) is 0. The van der Waals surface area contributed by atoms with Crippen molar-refractivity contribution in [1.29, 1.82) is 0 Å². The molecule has 3 heteroatoms. The second-order valence-corrected chi connectivity index (χ2v) is 5.47. The molecule has 2 N–H and O–H groups in total. The third-order valence-corrected chi connectivity index (χ3v) is 3.71. The van der Waals surface area contributed by atoms with Gasteiger partial charge in [-0.05, 0) is 22.8 Å². The van der Waals surface area contributed by atoms with E-state index in [1.165, 1.54) is 0 Å². The first-order valence-corrected chi connectivity index (χ1v) is 7.05. The Hall–Kier alpha value is -1.58. The molecule has 0 aromatic heterocycles. The van der Waals surface area contributed by atoms with Crippen molar-refractivity contribution in [2.75, 3.05) is 13.7 Å². The summed E-state index contributed by atoms with van der Waals surface area (Å²) in [5, 5.41) is 15.8. The molecule has 108 valence electrons. The maximum atomic E-state index is 10.1. The van der Waals surface area contributed by atoms with Gasteiger partial charge in [-0.25, -0.2) is 0 Å². The Balaban J connectivity index is 2.22. The second kappa shape index (κ2) is 6.73. The third kappa shape index (κ3) is 3.30. The summed E-state index contributed by atoms with van der Waals surface area (Å²) >= 11 is 0. The van der Waals surface area contributed by atoms with Gasteiger partial charge in [0.25, 0.3) is 0 Å². The fourth-order valence-corrected chi connectivity index (χ4v) is 2.41. The molecule has 0 saturated carbocycles. The number of phenolic OH excluding ortho intramolecular Hbond substituents is 1. The van der Waals surface area contributed by atoms with Crippen LogP contribution < -0.4 is 5.32 Å². The van der Waals surface area contributed by atoms with E-state index in [4.69, 9.17) is 4.74 Å². The van der Waals surface area contributed by atoms with Gasteiger partial charge in [0.1, 0.15) is 5.75 Å². The lowest BCUT2D eigenvalue weighted by Crippen LogP contribution is -2.37. The van der Waals surface area contributed by atoms with Gasteiger partial charge >= 0.3 is 0 Å². The van der Waals surface area contributed by atoms with E-state index in [-0.39, 0.29) is 6.04 Å². The Morgan fingerprint density at radius 2 is 1.90 bits per heavy atom. The van der Waals surface area contributed by atoms with E-state index in [2.05, 4.69) is 25.2 Å². The molecule has 20 heavy (non-hydrogen) atoms. The first-order chi connectivity index (χ1) is 9.63. The Kier molecular flexibility index (Phi) is 4.99. The number of phenols is 1. The van der Waals surface area contributed by atoms with Gasteiger partial charge in [-0.15, -0.1) is 0 Å². The first-order valence-electron chi connectivity index (χ1n) is 7.05. The predicted molar refractivity (Wildman–Crippen MR) is 83.0 cm³/mol. The van der Waals surface area contributed by atoms with Gasteiger partial charge in [0.2, 0.25) is 0 Å². The van der Waals surface area contributed by atoms with Crippen LogP contribution in [-0.2, 0) is 11.3 Å². The highest BCUT2D eigenvalue weighted by atomic mass is 16.5. The third-order valence-electron chi connectivity index (χ3n) is 3.71. The van der Waals surface area contributed by atoms with Crippen molar-refractivity contribution < 1.29 is 9.84 Å². The standard InChI is InChI=1S/C17H23NO2/c1-12(2)16(11-20-3)18-10-15-14-7-5-4-6-13(14)8-9-17(15)19/h4-9,12,16,18-19H,10-11H2,1-3H3. The average molecular weight is 273 g/mol. The summed E-state index contributed by atoms with van der Waals surface area (Å²) in [6.45, 7) is 5.64. The van der Waals surface area contributed by atoms with Crippen LogP contribution in [0, 0.1) is 5.92 Å². The first kappa shape index (κ1) is 14.8. The van der Waals surface area contributed by atoms with E-state index in [1.54, 1.807) is 13.2 Å². The monoisotopic (exact) mass is 273 g/mol. The average Bonchev–Trinajstić information content (AvgIpc) is 2.44. The predicted octanol–water partition coefficient (Wildman–Crippen LogP) is 3.31. The summed E-state index contributed by atoms with van der Waals surface area (Å²) in [5.41, 5.74) is 0.949. The van der Waals surface area contributed by atoms with E-state index < -0.39 is 0 Å². The van der Waals surface area contributed by atoms with Gasteiger partial charge < -0.3 is 15.2 Å². The van der Waals surface area contributed by atoms with Crippen LogP contribution >= 0.6 is 0 Å². The van der Waals surface area contributed by atoms with E-state index in [0.717, 1.165) is 16.3 Å². The molecule has 0 fully saturated rings. The molecule has 0 spiro atoms. The molecule has 0 aliphatic heterocycles.